The number of nitrogens with zero attached hydrogens (tertiary/aromatic N) is 1. The van der Waals surface area contributed by atoms with Gasteiger partial charge in [-0.2, -0.15) is 0 Å². The van der Waals surface area contributed by atoms with Crippen molar-refractivity contribution in [2.45, 2.75) is 51.4 Å². The number of nitrogens with one attached hydrogen (secondary N) is 1. The van der Waals surface area contributed by atoms with Gasteiger partial charge in [0.15, 0.2) is 12.1 Å². The number of rotatable bonds is 8. The molecule has 3 heterocycles. The van der Waals surface area contributed by atoms with Crippen LogP contribution in [-0.4, -0.2) is 73.3 Å². The predicted molar refractivity (Wildman–Crippen MR) is 143 cm³/mol. The number of piperidine rings is 3. The second kappa shape index (κ2) is 11.6. The first kappa shape index (κ1) is 28.3. The van der Waals surface area contributed by atoms with Crippen molar-refractivity contribution >= 4 is 23.8 Å². The molecule has 3 aliphatic heterocycles. The second-order valence-electron chi connectivity index (χ2n) is 11.4. The van der Waals surface area contributed by atoms with Crippen molar-refractivity contribution in [3.8, 4) is 0 Å². The number of fused-ring (bicyclic) bond motifs is 3. The van der Waals surface area contributed by atoms with Gasteiger partial charge in [0.2, 0.25) is 5.78 Å². The summed E-state index contributed by atoms with van der Waals surface area (Å²) < 4.78 is 16.7. The van der Waals surface area contributed by atoms with Crippen LogP contribution in [0.2, 0.25) is 0 Å². The van der Waals surface area contributed by atoms with Crippen LogP contribution >= 0.6 is 0 Å². The van der Waals surface area contributed by atoms with Gasteiger partial charge in [0.05, 0.1) is 25.8 Å². The van der Waals surface area contributed by atoms with Crippen molar-refractivity contribution in [3.05, 3.63) is 71.3 Å². The average Bonchev–Trinajstić information content (AvgIpc) is 2.91. The Balaban J connectivity index is 1.45. The number of ketones is 1. The van der Waals surface area contributed by atoms with Crippen molar-refractivity contribution in [3.63, 3.8) is 0 Å². The van der Waals surface area contributed by atoms with Crippen LogP contribution in [0, 0.1) is 5.92 Å². The zero-order valence-corrected chi connectivity index (χ0v) is 23.0. The van der Waals surface area contributed by atoms with Crippen LogP contribution in [0.15, 0.2) is 54.6 Å². The summed E-state index contributed by atoms with van der Waals surface area (Å²) in [7, 11) is 1.32. The maximum absolute atomic E-state index is 13.4. The number of carbonyl (C=O) groups excluding carboxylic acids is 4. The molecule has 2 aromatic rings. The maximum Gasteiger partial charge on any atom is 0.408 e. The standard InChI is InChI=1S/C30H36N2O7/c1-30(2,3)39-29(36)31-26(22-8-6-5-7-9-22)28(35)38-25-19-32(16-14-21(25)15-17-32)18-24(33)20-10-12-23(13-11-20)27(34)37-4/h5-13,21,25-26H,14-19H2,1-4H3/p+1. The monoisotopic (exact) mass is 537 g/mol. The van der Waals surface area contributed by atoms with Gasteiger partial charge in [-0.3, -0.25) is 4.79 Å². The molecule has 9 nitrogen and oxygen atoms in total. The lowest BCUT2D eigenvalue weighted by molar-refractivity contribution is -0.938. The molecular weight excluding hydrogens is 500 g/mol. The highest BCUT2D eigenvalue weighted by Crippen LogP contribution is 2.36. The third kappa shape index (κ3) is 7.03. The van der Waals surface area contributed by atoms with Crippen LogP contribution in [0.3, 0.4) is 0 Å². The Bertz CT molecular complexity index is 1200. The second-order valence-corrected chi connectivity index (χ2v) is 11.4. The molecule has 0 aliphatic carbocycles. The van der Waals surface area contributed by atoms with E-state index >= 15 is 0 Å². The summed E-state index contributed by atoms with van der Waals surface area (Å²) in [5, 5.41) is 2.68. The number of amides is 1. The largest absolute Gasteiger partial charge is 0.465 e. The van der Waals surface area contributed by atoms with Gasteiger partial charge in [0.25, 0.3) is 0 Å². The number of esters is 2. The molecule has 0 saturated carbocycles. The number of methoxy groups -OCH3 is 1. The SMILES string of the molecule is COC(=O)c1ccc(C(=O)C[N+]23CCC(CC2)C(OC(=O)C(NC(=O)OC(C)(C)C)c2ccccc2)C3)cc1. The van der Waals surface area contributed by atoms with Gasteiger partial charge in [-0.15, -0.1) is 0 Å². The summed E-state index contributed by atoms with van der Waals surface area (Å²) in [5.41, 5.74) is 0.805. The summed E-state index contributed by atoms with van der Waals surface area (Å²) >= 11 is 0. The molecule has 2 atom stereocenters. The van der Waals surface area contributed by atoms with Gasteiger partial charge in [-0.25, -0.2) is 14.4 Å². The van der Waals surface area contributed by atoms with E-state index in [0.717, 1.165) is 25.9 Å². The molecule has 39 heavy (non-hydrogen) atoms. The highest BCUT2D eigenvalue weighted by atomic mass is 16.6. The maximum atomic E-state index is 13.4. The van der Waals surface area contributed by atoms with Crippen molar-refractivity contribution < 1.29 is 37.9 Å². The van der Waals surface area contributed by atoms with Crippen molar-refractivity contribution in [2.24, 2.45) is 5.92 Å². The Morgan fingerprint density at radius 3 is 2.15 bits per heavy atom. The van der Waals surface area contributed by atoms with E-state index < -0.39 is 29.7 Å². The Labute approximate surface area is 229 Å². The lowest BCUT2D eigenvalue weighted by Crippen LogP contribution is -2.66. The topological polar surface area (TPSA) is 108 Å². The number of ether oxygens (including phenoxy) is 3. The summed E-state index contributed by atoms with van der Waals surface area (Å²) in [6, 6.07) is 14.4. The number of alkyl carbamates (subject to hydrolysis) is 1. The lowest BCUT2D eigenvalue weighted by Gasteiger charge is -2.51. The summed E-state index contributed by atoms with van der Waals surface area (Å²) in [5.74, 6) is -0.811. The Morgan fingerprint density at radius 2 is 1.56 bits per heavy atom. The van der Waals surface area contributed by atoms with Gasteiger partial charge in [0, 0.05) is 24.3 Å². The van der Waals surface area contributed by atoms with E-state index in [0.29, 0.717) is 27.7 Å². The molecule has 0 spiro atoms. The van der Waals surface area contributed by atoms with Crippen molar-refractivity contribution in [2.75, 3.05) is 33.3 Å². The van der Waals surface area contributed by atoms with E-state index in [4.69, 9.17) is 14.2 Å². The molecule has 3 fully saturated rings. The third-order valence-corrected chi connectivity index (χ3v) is 7.45. The molecule has 5 rings (SSSR count). The number of carbonyl (C=O) groups is 4. The Morgan fingerprint density at radius 1 is 0.949 bits per heavy atom. The first-order chi connectivity index (χ1) is 18.5. The molecule has 3 saturated heterocycles. The Kier molecular flexibility index (Phi) is 8.39. The van der Waals surface area contributed by atoms with E-state index in [1.807, 2.05) is 6.07 Å². The van der Waals surface area contributed by atoms with E-state index in [9.17, 15) is 19.2 Å². The first-order valence-corrected chi connectivity index (χ1v) is 13.3. The minimum absolute atomic E-state index is 0.0226. The van der Waals surface area contributed by atoms with Crippen LogP contribution in [0.1, 0.15) is 65.9 Å². The molecular formula is C30H37N2O7+. The fourth-order valence-corrected chi connectivity index (χ4v) is 5.45. The van der Waals surface area contributed by atoms with Crippen LogP contribution in [0.5, 0.6) is 0 Å². The van der Waals surface area contributed by atoms with Crippen LogP contribution < -0.4 is 5.32 Å². The summed E-state index contributed by atoms with van der Waals surface area (Å²) in [6.45, 7) is 7.77. The Hall–Kier alpha value is -3.72. The normalized spacial score (nSPS) is 22.9. The van der Waals surface area contributed by atoms with E-state index in [2.05, 4.69) is 5.32 Å². The van der Waals surface area contributed by atoms with E-state index in [1.54, 1.807) is 69.3 Å². The number of benzene rings is 2. The van der Waals surface area contributed by atoms with Crippen molar-refractivity contribution in [1.82, 2.24) is 5.32 Å². The van der Waals surface area contributed by atoms with Crippen LogP contribution in [0.4, 0.5) is 4.79 Å². The van der Waals surface area contributed by atoms with Gasteiger partial charge < -0.3 is 24.0 Å². The van der Waals surface area contributed by atoms with E-state index in [-0.39, 0.29) is 24.3 Å². The smallest absolute Gasteiger partial charge is 0.408 e. The van der Waals surface area contributed by atoms with Crippen LogP contribution in [-0.2, 0) is 19.0 Å². The van der Waals surface area contributed by atoms with Crippen LogP contribution in [0.25, 0.3) is 0 Å². The fourth-order valence-electron chi connectivity index (χ4n) is 5.45. The van der Waals surface area contributed by atoms with E-state index in [1.165, 1.54) is 7.11 Å². The highest BCUT2D eigenvalue weighted by molar-refractivity contribution is 5.98. The molecule has 1 N–H and O–H groups in total. The highest BCUT2D eigenvalue weighted by Gasteiger charge is 2.49. The van der Waals surface area contributed by atoms with Gasteiger partial charge >= 0.3 is 18.0 Å². The minimum Gasteiger partial charge on any atom is -0.465 e. The molecule has 2 unspecified atom stereocenters. The molecule has 2 aromatic carbocycles. The molecule has 9 heteroatoms. The summed E-state index contributed by atoms with van der Waals surface area (Å²) in [4.78, 5) is 50.9. The molecule has 0 radical (unpaired) electrons. The van der Waals surface area contributed by atoms with Crippen molar-refractivity contribution in [1.29, 1.82) is 0 Å². The number of hydrogen-bond donors (Lipinski definition) is 1. The van der Waals surface area contributed by atoms with Gasteiger partial charge in [-0.1, -0.05) is 42.5 Å². The lowest BCUT2D eigenvalue weighted by atomic mass is 9.82. The molecule has 0 aromatic heterocycles. The number of Topliss-reactive ketones (excluding diaryl/α,β-unsaturated/α-hetero) is 1. The molecule has 1 amide bonds. The summed E-state index contributed by atoms with van der Waals surface area (Å²) in [6.07, 6.45) is 0.639. The fraction of sp³-hybridized carbons (Fsp3) is 0.467. The zero-order chi connectivity index (χ0) is 28.2. The predicted octanol–water partition coefficient (Wildman–Crippen LogP) is 4.07. The average molecular weight is 538 g/mol. The number of quaternary nitrogens is 1. The molecule has 2 bridgehead atoms. The third-order valence-electron chi connectivity index (χ3n) is 7.45. The quantitative estimate of drug-likeness (QED) is 0.234. The molecule has 3 aliphatic rings. The van der Waals surface area contributed by atoms with Gasteiger partial charge in [0.1, 0.15) is 18.7 Å². The first-order valence-electron chi connectivity index (χ1n) is 13.3. The zero-order valence-electron chi connectivity index (χ0n) is 23.0. The minimum atomic E-state index is -1.01. The molecule has 208 valence electrons. The number of hydrogen-bond acceptors (Lipinski definition) is 7. The van der Waals surface area contributed by atoms with Gasteiger partial charge in [-0.05, 0) is 38.5 Å².